The summed E-state index contributed by atoms with van der Waals surface area (Å²) in [5, 5.41) is 7.95. The number of hydrogen-bond acceptors (Lipinski definition) is 6. The Labute approximate surface area is 123 Å². The van der Waals surface area contributed by atoms with Crippen LogP contribution in [-0.4, -0.2) is 47.4 Å². The molecule has 2 aromatic rings. The highest BCUT2D eigenvalue weighted by atomic mass is 16.6. The monoisotopic (exact) mass is 287 g/mol. The van der Waals surface area contributed by atoms with Crippen molar-refractivity contribution in [2.24, 2.45) is 0 Å². The molecule has 112 valence electrons. The lowest BCUT2D eigenvalue weighted by Gasteiger charge is -2.32. The third-order valence-electron chi connectivity index (χ3n) is 4.84. The molecular weight excluding hydrogens is 266 g/mol. The van der Waals surface area contributed by atoms with Crippen LogP contribution in [0.25, 0.3) is 11.0 Å². The number of anilines is 2. The van der Waals surface area contributed by atoms with Crippen molar-refractivity contribution in [1.29, 1.82) is 0 Å². The van der Waals surface area contributed by atoms with Crippen LogP contribution in [0.2, 0.25) is 0 Å². The van der Waals surface area contributed by atoms with Crippen molar-refractivity contribution in [2.75, 3.05) is 36.8 Å². The highest BCUT2D eigenvalue weighted by molar-refractivity contribution is 5.95. The Morgan fingerprint density at radius 2 is 1.86 bits per heavy atom. The number of nitrogen functional groups attached to an aromatic ring is 1. The van der Waals surface area contributed by atoms with Gasteiger partial charge in [-0.15, -0.1) is 0 Å². The van der Waals surface area contributed by atoms with Gasteiger partial charge in [-0.1, -0.05) is 6.42 Å². The van der Waals surface area contributed by atoms with E-state index >= 15 is 0 Å². The number of fused-ring (bicyclic) bond motifs is 1. The van der Waals surface area contributed by atoms with Crippen LogP contribution in [0.1, 0.15) is 25.7 Å². The van der Waals surface area contributed by atoms with E-state index in [9.17, 15) is 0 Å². The van der Waals surface area contributed by atoms with Gasteiger partial charge in [0.05, 0.1) is 11.4 Å². The van der Waals surface area contributed by atoms with Gasteiger partial charge >= 0.3 is 0 Å². The Balaban J connectivity index is 1.56. The Morgan fingerprint density at radius 3 is 2.71 bits per heavy atom. The van der Waals surface area contributed by atoms with E-state index in [1.165, 1.54) is 38.8 Å². The smallest absolute Gasteiger partial charge is 0.160 e. The van der Waals surface area contributed by atoms with Gasteiger partial charge in [0.15, 0.2) is 11.0 Å². The molecule has 6 nitrogen and oxygen atoms in total. The fourth-order valence-electron chi connectivity index (χ4n) is 3.67. The van der Waals surface area contributed by atoms with Crippen molar-refractivity contribution in [3.05, 3.63) is 12.1 Å². The molecule has 2 aliphatic heterocycles. The maximum absolute atomic E-state index is 5.92. The van der Waals surface area contributed by atoms with Crippen molar-refractivity contribution in [1.82, 2.24) is 15.2 Å². The maximum atomic E-state index is 5.92. The van der Waals surface area contributed by atoms with E-state index in [2.05, 4.69) is 20.1 Å². The molecule has 1 aromatic carbocycles. The molecule has 0 radical (unpaired) electrons. The summed E-state index contributed by atoms with van der Waals surface area (Å²) in [6.45, 7) is 4.63. The molecule has 2 N–H and O–H groups in total. The van der Waals surface area contributed by atoms with Crippen LogP contribution >= 0.6 is 0 Å². The van der Waals surface area contributed by atoms with E-state index in [0.29, 0.717) is 17.2 Å². The van der Waals surface area contributed by atoms with Gasteiger partial charge in [0.25, 0.3) is 0 Å². The molecule has 6 heteroatoms. The molecule has 0 spiro atoms. The molecule has 2 aliphatic rings. The van der Waals surface area contributed by atoms with Gasteiger partial charge in [0.1, 0.15) is 0 Å². The maximum Gasteiger partial charge on any atom is 0.160 e. The zero-order chi connectivity index (χ0) is 14.2. The second kappa shape index (κ2) is 5.18. The third-order valence-corrected chi connectivity index (χ3v) is 4.84. The van der Waals surface area contributed by atoms with Gasteiger partial charge in [0.2, 0.25) is 0 Å². The minimum atomic E-state index is 0.627. The van der Waals surface area contributed by atoms with Gasteiger partial charge in [0, 0.05) is 19.1 Å². The van der Waals surface area contributed by atoms with Gasteiger partial charge in [-0.3, -0.25) is 4.90 Å². The minimum Gasteiger partial charge on any atom is -0.397 e. The molecular formula is C15H21N5O. The topological polar surface area (TPSA) is 71.4 Å². The fourth-order valence-corrected chi connectivity index (χ4v) is 3.67. The summed E-state index contributed by atoms with van der Waals surface area (Å²) in [4.78, 5) is 5.05. The van der Waals surface area contributed by atoms with Crippen LogP contribution in [0.5, 0.6) is 0 Å². The number of aromatic nitrogens is 2. The molecule has 1 unspecified atom stereocenters. The largest absolute Gasteiger partial charge is 0.397 e. The first-order valence-corrected chi connectivity index (χ1v) is 7.82. The first-order chi connectivity index (χ1) is 10.3. The van der Waals surface area contributed by atoms with E-state index in [4.69, 9.17) is 10.4 Å². The third kappa shape index (κ3) is 2.23. The summed E-state index contributed by atoms with van der Waals surface area (Å²) in [5.74, 6) is 0. The minimum absolute atomic E-state index is 0.627. The molecule has 2 fully saturated rings. The van der Waals surface area contributed by atoms with E-state index in [0.717, 1.165) is 24.3 Å². The predicted molar refractivity (Wildman–Crippen MR) is 82.3 cm³/mol. The number of hydrogen-bond donors (Lipinski definition) is 1. The van der Waals surface area contributed by atoms with Crippen molar-refractivity contribution < 1.29 is 4.63 Å². The number of piperidine rings is 1. The Hall–Kier alpha value is -1.82. The number of likely N-dealkylation sites (tertiary alicyclic amines) is 1. The highest BCUT2D eigenvalue weighted by Crippen LogP contribution is 2.32. The molecule has 0 saturated carbocycles. The normalized spacial score (nSPS) is 24.0. The summed E-state index contributed by atoms with van der Waals surface area (Å²) in [7, 11) is 0. The SMILES string of the molecule is Nc1ccc(N2CCC(N3CCCCC3)C2)c2nonc12. The average Bonchev–Trinajstić information content (AvgIpc) is 3.18. The zero-order valence-corrected chi connectivity index (χ0v) is 12.2. The Kier molecular flexibility index (Phi) is 3.18. The second-order valence-corrected chi connectivity index (χ2v) is 6.12. The summed E-state index contributed by atoms with van der Waals surface area (Å²) in [6, 6.07) is 4.61. The first-order valence-electron chi connectivity index (χ1n) is 7.82. The van der Waals surface area contributed by atoms with Crippen LogP contribution in [0.3, 0.4) is 0 Å². The number of benzene rings is 1. The highest BCUT2D eigenvalue weighted by Gasteiger charge is 2.30. The van der Waals surface area contributed by atoms with Crippen molar-refractivity contribution >= 4 is 22.4 Å². The molecule has 0 amide bonds. The van der Waals surface area contributed by atoms with Crippen LogP contribution in [0, 0.1) is 0 Å². The average molecular weight is 287 g/mol. The molecule has 0 bridgehead atoms. The van der Waals surface area contributed by atoms with Crippen LogP contribution in [-0.2, 0) is 0 Å². The molecule has 4 rings (SSSR count). The number of nitrogens with two attached hydrogens (primary N) is 1. The van der Waals surface area contributed by atoms with Crippen LogP contribution in [0.4, 0.5) is 11.4 Å². The van der Waals surface area contributed by atoms with E-state index in [1.54, 1.807) is 0 Å². The zero-order valence-electron chi connectivity index (χ0n) is 12.2. The van der Waals surface area contributed by atoms with Crippen LogP contribution in [0.15, 0.2) is 16.8 Å². The summed E-state index contributed by atoms with van der Waals surface area (Å²) in [6.07, 6.45) is 5.29. The Morgan fingerprint density at radius 1 is 1.05 bits per heavy atom. The fraction of sp³-hybridized carbons (Fsp3) is 0.600. The van der Waals surface area contributed by atoms with Gasteiger partial charge in [-0.2, -0.15) is 0 Å². The van der Waals surface area contributed by atoms with Crippen molar-refractivity contribution in [3.8, 4) is 0 Å². The number of nitrogens with zero attached hydrogens (tertiary/aromatic N) is 4. The summed E-state index contributed by atoms with van der Waals surface area (Å²) < 4.78 is 4.87. The quantitative estimate of drug-likeness (QED) is 0.850. The molecule has 21 heavy (non-hydrogen) atoms. The van der Waals surface area contributed by atoms with Crippen molar-refractivity contribution in [2.45, 2.75) is 31.7 Å². The molecule has 0 aliphatic carbocycles. The van der Waals surface area contributed by atoms with E-state index in [1.807, 2.05) is 12.1 Å². The standard InChI is InChI=1S/C15H21N5O/c16-12-4-5-13(15-14(12)17-21-18-15)20-9-6-11(10-20)19-7-2-1-3-8-19/h4-5,11H,1-3,6-10,16H2. The Bertz CT molecular complexity index is 634. The molecule has 1 aromatic heterocycles. The second-order valence-electron chi connectivity index (χ2n) is 6.12. The van der Waals surface area contributed by atoms with Gasteiger partial charge in [-0.05, 0) is 54.8 Å². The van der Waals surface area contributed by atoms with Crippen LogP contribution < -0.4 is 10.6 Å². The number of rotatable bonds is 2. The molecule has 3 heterocycles. The van der Waals surface area contributed by atoms with Gasteiger partial charge in [-0.25, -0.2) is 4.63 Å². The molecule has 1 atom stereocenters. The lowest BCUT2D eigenvalue weighted by Crippen LogP contribution is -2.40. The summed E-state index contributed by atoms with van der Waals surface area (Å²) >= 11 is 0. The first kappa shape index (κ1) is 12.9. The summed E-state index contributed by atoms with van der Waals surface area (Å²) in [5.41, 5.74) is 9.11. The van der Waals surface area contributed by atoms with E-state index < -0.39 is 0 Å². The lowest BCUT2D eigenvalue weighted by molar-refractivity contribution is 0.175. The lowest BCUT2D eigenvalue weighted by atomic mass is 10.1. The van der Waals surface area contributed by atoms with E-state index in [-0.39, 0.29) is 0 Å². The molecule has 2 saturated heterocycles. The van der Waals surface area contributed by atoms with Gasteiger partial charge < -0.3 is 10.6 Å². The van der Waals surface area contributed by atoms with Crippen molar-refractivity contribution in [3.63, 3.8) is 0 Å². The predicted octanol–water partition coefficient (Wildman–Crippen LogP) is 1.87.